The molecule has 35 nitrogen and oxygen atoms in total. The molecule has 0 unspecified atom stereocenters. The van der Waals surface area contributed by atoms with Crippen molar-refractivity contribution in [1.82, 2.24) is 57.7 Å². The second-order valence-electron chi connectivity index (χ2n) is 25.5. The Labute approximate surface area is 590 Å². The number of aliphatic hydroxyl groups excluding tert-OH is 1. The molecule has 2 heterocycles. The molecule has 3 aromatic rings. The Kier molecular flexibility index (Phi) is 35.0. The molecule has 1 aliphatic heterocycles. The number of unbranched alkanes of at least 4 members (excludes halogenated alkanes) is 1. The van der Waals surface area contributed by atoms with Crippen LogP contribution in [0.5, 0.6) is 5.75 Å². The van der Waals surface area contributed by atoms with Crippen LogP contribution in [0.4, 0.5) is 0 Å². The highest BCUT2D eigenvalue weighted by Crippen LogP contribution is 2.23. The minimum Gasteiger partial charge on any atom is -0.508 e. The number of likely N-dealkylation sites (tertiary alicyclic amines) is 1. The molecule has 0 aliphatic carbocycles. The minimum absolute atomic E-state index is 0.0129. The third-order valence-corrected chi connectivity index (χ3v) is 16.7. The Morgan fingerprint density at radius 3 is 1.63 bits per heavy atom. The van der Waals surface area contributed by atoms with Gasteiger partial charge in [-0.3, -0.25) is 62.7 Å². The smallest absolute Gasteiger partial charge is 0.326 e. The molecule has 26 N–H and O–H groups in total. The number of carboxylic acids is 2. The van der Waals surface area contributed by atoms with Crippen LogP contribution in [0.15, 0.2) is 64.7 Å². The molecule has 1 saturated heterocycles. The largest absolute Gasteiger partial charge is 0.508 e. The second-order valence-corrected chi connectivity index (χ2v) is 25.9. The van der Waals surface area contributed by atoms with Gasteiger partial charge in [-0.15, -0.1) is 0 Å². The first-order chi connectivity index (χ1) is 47.8. The summed E-state index contributed by atoms with van der Waals surface area (Å²) in [6, 6.07) is -3.78. The van der Waals surface area contributed by atoms with Gasteiger partial charge in [0, 0.05) is 55.3 Å². The van der Waals surface area contributed by atoms with E-state index in [9.17, 15) is 78.0 Å². The SMILES string of the molecule is CC(C)C[C@H](NC(=O)[C@H](CO)NC(=O)[C@@H](N)CC(C)C)C(=O)N1CCC[C@H]1C(=O)N[C@@H](CCCCN)C(=O)N[C@@H](CS)C(=O)N[C@@H](Cc1c[nH]c2ccccc12)C(=O)N[C@@H](CC(=O)O)C(=O)N[C@@H](Cc1ccc(O)cc1)C(=O)N[C@@H](CCCN=C(N)N)C(=O)N[C@@H](CCCN=C(N)N)C(=O)O. The fourth-order valence-electron chi connectivity index (χ4n) is 11.1. The summed E-state index contributed by atoms with van der Waals surface area (Å²) in [4.78, 5) is 179. The maximum absolute atomic E-state index is 14.8. The Bertz CT molecular complexity index is 3360. The van der Waals surface area contributed by atoms with Crippen LogP contribution < -0.4 is 82.3 Å². The molecule has 4 rings (SSSR count). The number of phenolic OH excluding ortho intramolecular Hbond substituents is 1. The Morgan fingerprint density at radius 2 is 1.07 bits per heavy atom. The first-order valence-corrected chi connectivity index (χ1v) is 34.1. The quantitative estimate of drug-likeness (QED) is 0.0112. The molecule has 2 aromatic carbocycles. The van der Waals surface area contributed by atoms with Crippen LogP contribution in [0.2, 0.25) is 0 Å². The molecule has 558 valence electrons. The number of guanidine groups is 2. The van der Waals surface area contributed by atoms with Crippen LogP contribution in [0.3, 0.4) is 0 Å². The lowest BCUT2D eigenvalue weighted by Gasteiger charge is -2.31. The van der Waals surface area contributed by atoms with Crippen LogP contribution in [0, 0.1) is 11.8 Å². The zero-order chi connectivity index (χ0) is 75.0. The maximum Gasteiger partial charge on any atom is 0.326 e. The van der Waals surface area contributed by atoms with E-state index in [0.29, 0.717) is 47.7 Å². The number of para-hydroxylation sites is 1. The summed E-state index contributed by atoms with van der Waals surface area (Å²) < 4.78 is 0. The van der Waals surface area contributed by atoms with Gasteiger partial charge in [-0.25, -0.2) is 4.79 Å². The van der Waals surface area contributed by atoms with Crippen LogP contribution >= 0.6 is 12.6 Å². The van der Waals surface area contributed by atoms with Gasteiger partial charge in [0.15, 0.2) is 11.9 Å². The van der Waals surface area contributed by atoms with Crippen molar-refractivity contribution in [3.05, 3.63) is 65.9 Å². The van der Waals surface area contributed by atoms with Crippen LogP contribution in [-0.4, -0.2) is 218 Å². The molecule has 1 aliphatic rings. The van der Waals surface area contributed by atoms with Gasteiger partial charge < -0.3 is 113 Å². The molecule has 1 aromatic heterocycles. The van der Waals surface area contributed by atoms with Crippen molar-refractivity contribution in [1.29, 1.82) is 0 Å². The van der Waals surface area contributed by atoms with Crippen LogP contribution in [0.1, 0.15) is 116 Å². The fraction of sp³-hybridized carbons (Fsp3) is 0.569. The average Bonchev–Trinajstić information content (AvgIpc) is 1.74. The van der Waals surface area contributed by atoms with Gasteiger partial charge in [-0.1, -0.05) is 58.0 Å². The van der Waals surface area contributed by atoms with E-state index in [4.69, 9.17) is 34.4 Å². The van der Waals surface area contributed by atoms with Gasteiger partial charge in [0.25, 0.3) is 0 Å². The van der Waals surface area contributed by atoms with E-state index >= 15 is 0 Å². The first-order valence-electron chi connectivity index (χ1n) is 33.5. The highest BCUT2D eigenvalue weighted by atomic mass is 32.1. The van der Waals surface area contributed by atoms with Crippen molar-refractivity contribution >= 4 is 106 Å². The summed E-state index contributed by atoms with van der Waals surface area (Å²) in [5.74, 6) is -13.4. The predicted octanol–water partition coefficient (Wildman–Crippen LogP) is -3.85. The van der Waals surface area contributed by atoms with E-state index in [1.54, 1.807) is 44.3 Å². The molecule has 0 radical (unpaired) electrons. The molecule has 0 bridgehead atoms. The summed E-state index contributed by atoms with van der Waals surface area (Å²) in [5.41, 5.74) is 35.0. The average molecular weight is 1440 g/mol. The predicted molar refractivity (Wildman–Crippen MR) is 376 cm³/mol. The van der Waals surface area contributed by atoms with E-state index < -0.39 is 156 Å². The number of carbonyl (C=O) groups is 12. The van der Waals surface area contributed by atoms with Crippen LogP contribution in [0.25, 0.3) is 10.9 Å². The number of aliphatic imine (C=N–C) groups is 2. The van der Waals surface area contributed by atoms with Crippen molar-refractivity contribution in [3.8, 4) is 5.75 Å². The van der Waals surface area contributed by atoms with E-state index in [2.05, 4.69) is 75.4 Å². The van der Waals surface area contributed by atoms with E-state index in [1.165, 1.54) is 29.2 Å². The number of thiol groups is 1. The van der Waals surface area contributed by atoms with Crippen molar-refractivity contribution in [3.63, 3.8) is 0 Å². The summed E-state index contributed by atoms with van der Waals surface area (Å²) in [6.45, 7) is 6.80. The molecular formula is C65H101N19O16S. The van der Waals surface area contributed by atoms with Gasteiger partial charge in [-0.2, -0.15) is 12.6 Å². The fourth-order valence-corrected chi connectivity index (χ4v) is 11.4. The molecular weight excluding hydrogens is 1330 g/mol. The number of nitrogens with one attached hydrogen (secondary N) is 10. The number of aromatic nitrogens is 1. The summed E-state index contributed by atoms with van der Waals surface area (Å²) in [5, 5.41) is 63.9. The van der Waals surface area contributed by atoms with Crippen molar-refractivity contribution in [2.75, 3.05) is 38.5 Å². The standard InChI is InChI=1S/C65H101N19O16S/c1-34(2)26-40(67)53(89)82-49(32-85)59(95)81-48(27-35(3)4)62(98)84-25-11-17-51(84)61(97)76-42(14-7-8-22-66)55(91)83-50(33-101)60(96)79-46(29-37-31-74-41-13-6-5-12-39(37)41)57(93)80-47(30-52(87)88)58(94)78-45(28-36-18-20-38(86)21-19-36)56(92)75-43(15-9-23-72-64(68)69)54(90)77-44(63(99)100)16-10-24-73-65(70)71/h5-6,12-13,18-21,31,34-35,40,42-51,74,85-86,101H,7-11,14-17,22-30,32-33,66-67H2,1-4H3,(H,75,92)(H,76,97)(H,77,90)(H,78,94)(H,79,96)(H,80,93)(H,81,95)(H,82,89)(H,83,91)(H,87,88)(H,99,100)(H4,68,69,72)(H4,70,71,73)/t40-,42-,43-,44-,45-,46-,47-,48-,49-,50-,51-/m0/s1. The van der Waals surface area contributed by atoms with Gasteiger partial charge in [0.1, 0.15) is 66.2 Å². The summed E-state index contributed by atoms with van der Waals surface area (Å²) in [6.07, 6.45) is 1.18. The van der Waals surface area contributed by atoms with Crippen LogP contribution in [-0.2, 0) is 70.4 Å². The number of aliphatic carboxylic acids is 2. The lowest BCUT2D eigenvalue weighted by molar-refractivity contribution is -0.143. The number of amides is 10. The number of hydrogen-bond acceptors (Lipinski definition) is 19. The van der Waals surface area contributed by atoms with Gasteiger partial charge in [0.2, 0.25) is 59.1 Å². The lowest BCUT2D eigenvalue weighted by Crippen LogP contribution is -2.61. The molecule has 10 amide bonds. The molecule has 1 fully saturated rings. The number of aromatic hydroxyl groups is 1. The molecule has 0 spiro atoms. The summed E-state index contributed by atoms with van der Waals surface area (Å²) >= 11 is 4.37. The number of nitrogens with zero attached hydrogens (tertiary/aromatic N) is 3. The molecule has 0 saturated carbocycles. The summed E-state index contributed by atoms with van der Waals surface area (Å²) in [7, 11) is 0. The number of nitrogens with two attached hydrogens (primary N) is 6. The monoisotopic (exact) mass is 1440 g/mol. The normalized spacial score (nSPS) is 15.7. The first kappa shape index (κ1) is 83.6. The number of aromatic amines is 1. The number of carbonyl (C=O) groups excluding carboxylic acids is 10. The number of phenols is 1. The second kappa shape index (κ2) is 42.3. The third kappa shape index (κ3) is 28.4. The molecule has 101 heavy (non-hydrogen) atoms. The maximum atomic E-state index is 14.8. The lowest BCUT2D eigenvalue weighted by atomic mass is 10.0. The van der Waals surface area contributed by atoms with Gasteiger partial charge in [0.05, 0.1) is 19.1 Å². The third-order valence-electron chi connectivity index (χ3n) is 16.3. The number of rotatable bonds is 44. The van der Waals surface area contributed by atoms with Crippen molar-refractivity contribution < 1.29 is 78.0 Å². The molecule has 36 heteroatoms. The van der Waals surface area contributed by atoms with Gasteiger partial charge in [-0.05, 0) is 118 Å². The number of aliphatic hydroxyl groups is 1. The minimum atomic E-state index is -2.01. The highest BCUT2D eigenvalue weighted by molar-refractivity contribution is 7.80. The van der Waals surface area contributed by atoms with Crippen molar-refractivity contribution in [2.24, 2.45) is 56.2 Å². The van der Waals surface area contributed by atoms with E-state index in [-0.39, 0.29) is 113 Å². The molecule has 11 atom stereocenters. The van der Waals surface area contributed by atoms with E-state index in [1.807, 2.05) is 13.8 Å². The number of carboxylic acid groups (broad SMARTS) is 2. The number of H-pyrrole nitrogens is 1. The number of hydrogen-bond donors (Lipinski definition) is 21. The Hall–Kier alpha value is -9.81. The highest BCUT2D eigenvalue weighted by Gasteiger charge is 2.41. The van der Waals surface area contributed by atoms with Gasteiger partial charge >= 0.3 is 11.9 Å². The number of fused-ring (bicyclic) bond motifs is 1. The Morgan fingerprint density at radius 1 is 0.584 bits per heavy atom. The van der Waals surface area contributed by atoms with E-state index in [0.717, 1.165) is 0 Å². The zero-order valence-corrected chi connectivity index (χ0v) is 58.2. The van der Waals surface area contributed by atoms with Crippen molar-refractivity contribution in [2.45, 2.75) is 184 Å². The zero-order valence-electron chi connectivity index (χ0n) is 57.3. The Balaban J connectivity index is 1.64. The topological polar surface area (TPSA) is 594 Å². The number of benzene rings is 2.